The van der Waals surface area contributed by atoms with Crippen LogP contribution in [0.5, 0.6) is 0 Å². The molecule has 3 nitrogen and oxygen atoms in total. The van der Waals surface area contributed by atoms with Crippen molar-refractivity contribution < 1.29 is 4.39 Å². The van der Waals surface area contributed by atoms with Gasteiger partial charge in [-0.25, -0.2) is 4.39 Å². The molecule has 25 heavy (non-hydrogen) atoms. The molecule has 4 heteroatoms. The normalized spacial score (nSPS) is 15.2. The van der Waals surface area contributed by atoms with E-state index in [4.69, 9.17) is 0 Å². The molecule has 0 atom stereocenters. The Kier molecular flexibility index (Phi) is 5.27. The van der Waals surface area contributed by atoms with Crippen molar-refractivity contribution in [3.63, 3.8) is 0 Å². The molecule has 0 bridgehead atoms. The number of nitrogens with zero attached hydrogens (tertiary/aromatic N) is 2. The Bertz CT molecular complexity index is 779. The highest BCUT2D eigenvalue weighted by Gasteiger charge is 2.22. The van der Waals surface area contributed by atoms with Gasteiger partial charge in [0.2, 0.25) is 0 Å². The van der Waals surface area contributed by atoms with E-state index in [1.165, 1.54) is 11.6 Å². The van der Waals surface area contributed by atoms with Gasteiger partial charge < -0.3 is 5.32 Å². The van der Waals surface area contributed by atoms with Crippen molar-refractivity contribution in [1.29, 1.82) is 0 Å². The lowest BCUT2D eigenvalue weighted by Gasteiger charge is -2.28. The van der Waals surface area contributed by atoms with E-state index in [0.717, 1.165) is 18.0 Å². The van der Waals surface area contributed by atoms with Gasteiger partial charge in [0, 0.05) is 17.5 Å². The SMILES string of the molecule is CC(C)(Cc1ccccc1)NC1=NCCN=C(c2ccccc2F)C1. The highest BCUT2D eigenvalue weighted by molar-refractivity contribution is 6.12. The summed E-state index contributed by atoms with van der Waals surface area (Å²) in [5, 5.41) is 3.55. The summed E-state index contributed by atoms with van der Waals surface area (Å²) >= 11 is 0. The van der Waals surface area contributed by atoms with Crippen molar-refractivity contribution in [2.45, 2.75) is 32.2 Å². The van der Waals surface area contributed by atoms with Crippen LogP contribution in [-0.4, -0.2) is 30.2 Å². The second-order valence-corrected chi connectivity index (χ2v) is 6.98. The molecule has 130 valence electrons. The van der Waals surface area contributed by atoms with Crippen LogP contribution in [0.25, 0.3) is 0 Å². The van der Waals surface area contributed by atoms with Crippen molar-refractivity contribution in [3.05, 3.63) is 71.5 Å². The second-order valence-electron chi connectivity index (χ2n) is 6.98. The molecule has 0 unspecified atom stereocenters. The molecule has 0 amide bonds. The summed E-state index contributed by atoms with van der Waals surface area (Å²) in [7, 11) is 0. The fourth-order valence-electron chi connectivity index (χ4n) is 3.14. The van der Waals surface area contributed by atoms with E-state index in [1.54, 1.807) is 12.1 Å². The van der Waals surface area contributed by atoms with Gasteiger partial charge in [-0.1, -0.05) is 48.5 Å². The van der Waals surface area contributed by atoms with Crippen LogP contribution < -0.4 is 5.32 Å². The third-order valence-corrected chi connectivity index (χ3v) is 4.20. The molecular formula is C21H24FN3. The summed E-state index contributed by atoms with van der Waals surface area (Å²) in [5.41, 5.74) is 2.46. The van der Waals surface area contributed by atoms with Crippen molar-refractivity contribution in [2.75, 3.05) is 13.1 Å². The van der Waals surface area contributed by atoms with E-state index in [2.05, 4.69) is 53.4 Å². The lowest BCUT2D eigenvalue weighted by atomic mass is 9.94. The minimum atomic E-state index is -0.231. The first kappa shape index (κ1) is 17.3. The summed E-state index contributed by atoms with van der Waals surface area (Å²) in [6, 6.07) is 17.2. The summed E-state index contributed by atoms with van der Waals surface area (Å²) in [5.74, 6) is 0.645. The molecule has 0 aromatic heterocycles. The Balaban J connectivity index is 1.73. The molecule has 0 saturated carbocycles. The van der Waals surface area contributed by atoms with Crippen LogP contribution in [0.4, 0.5) is 4.39 Å². The van der Waals surface area contributed by atoms with Crippen LogP contribution in [0.3, 0.4) is 0 Å². The Hall–Kier alpha value is -2.49. The van der Waals surface area contributed by atoms with Gasteiger partial charge in [-0.3, -0.25) is 9.98 Å². The number of nitrogens with one attached hydrogen (secondary N) is 1. The van der Waals surface area contributed by atoms with Gasteiger partial charge in [-0.15, -0.1) is 0 Å². The van der Waals surface area contributed by atoms with Gasteiger partial charge in [0.1, 0.15) is 11.7 Å². The van der Waals surface area contributed by atoms with Gasteiger partial charge in [0.05, 0.1) is 18.8 Å². The van der Waals surface area contributed by atoms with Crippen molar-refractivity contribution in [1.82, 2.24) is 5.32 Å². The van der Waals surface area contributed by atoms with Crippen LogP contribution in [0, 0.1) is 5.82 Å². The summed E-state index contributed by atoms with van der Waals surface area (Å²) in [4.78, 5) is 9.16. The van der Waals surface area contributed by atoms with Gasteiger partial charge in [-0.05, 0) is 31.9 Å². The van der Waals surface area contributed by atoms with Crippen LogP contribution in [-0.2, 0) is 6.42 Å². The first-order valence-corrected chi connectivity index (χ1v) is 8.67. The Morgan fingerprint density at radius 3 is 2.40 bits per heavy atom. The zero-order valence-corrected chi connectivity index (χ0v) is 14.8. The second kappa shape index (κ2) is 7.60. The zero-order chi connectivity index (χ0) is 17.7. The average molecular weight is 337 g/mol. The summed E-state index contributed by atoms with van der Waals surface area (Å²) < 4.78 is 14.1. The standard InChI is InChI=1S/C21H24FN3/c1-21(2,15-16-8-4-3-5-9-16)25-20-14-19(23-12-13-24-20)17-10-6-7-11-18(17)22/h3-11H,12-15H2,1-2H3,(H,24,25). The largest absolute Gasteiger partial charge is 0.368 e. The molecule has 0 radical (unpaired) electrons. The Morgan fingerprint density at radius 1 is 0.960 bits per heavy atom. The number of benzene rings is 2. The molecule has 0 aliphatic carbocycles. The molecule has 1 heterocycles. The maximum Gasteiger partial charge on any atom is 0.132 e. The predicted molar refractivity (Wildman–Crippen MR) is 102 cm³/mol. The van der Waals surface area contributed by atoms with Crippen molar-refractivity contribution in [3.8, 4) is 0 Å². The highest BCUT2D eigenvalue weighted by atomic mass is 19.1. The molecule has 2 aromatic carbocycles. The molecule has 0 saturated heterocycles. The van der Waals surface area contributed by atoms with Crippen LogP contribution in [0.15, 0.2) is 64.6 Å². The van der Waals surface area contributed by atoms with Crippen molar-refractivity contribution in [2.24, 2.45) is 9.98 Å². The molecule has 0 spiro atoms. The smallest absolute Gasteiger partial charge is 0.132 e. The zero-order valence-electron chi connectivity index (χ0n) is 14.8. The fourth-order valence-corrected chi connectivity index (χ4v) is 3.14. The fraction of sp³-hybridized carbons (Fsp3) is 0.333. The lowest BCUT2D eigenvalue weighted by molar-refractivity contribution is 0.456. The van der Waals surface area contributed by atoms with E-state index in [-0.39, 0.29) is 11.4 Å². The van der Waals surface area contributed by atoms with E-state index in [1.807, 2.05) is 12.1 Å². The van der Waals surface area contributed by atoms with Gasteiger partial charge in [0.25, 0.3) is 0 Å². The molecule has 3 rings (SSSR count). The topological polar surface area (TPSA) is 36.8 Å². The third-order valence-electron chi connectivity index (χ3n) is 4.20. The van der Waals surface area contributed by atoms with Crippen LogP contribution >= 0.6 is 0 Å². The average Bonchev–Trinajstić information content (AvgIpc) is 2.80. The number of rotatable bonds is 4. The molecule has 1 aliphatic rings. The van der Waals surface area contributed by atoms with Gasteiger partial charge in [0.15, 0.2) is 0 Å². The Morgan fingerprint density at radius 2 is 1.64 bits per heavy atom. The predicted octanol–water partition coefficient (Wildman–Crippen LogP) is 4.03. The minimum absolute atomic E-state index is 0.148. The third kappa shape index (κ3) is 4.75. The Labute approximate surface area is 148 Å². The van der Waals surface area contributed by atoms with Gasteiger partial charge >= 0.3 is 0 Å². The van der Waals surface area contributed by atoms with E-state index >= 15 is 0 Å². The van der Waals surface area contributed by atoms with Crippen molar-refractivity contribution >= 4 is 11.5 Å². The molecular weight excluding hydrogens is 313 g/mol. The monoisotopic (exact) mass is 337 g/mol. The maximum atomic E-state index is 14.1. The van der Waals surface area contributed by atoms with E-state index in [0.29, 0.717) is 25.1 Å². The number of halogens is 1. The van der Waals surface area contributed by atoms with Crippen LogP contribution in [0.2, 0.25) is 0 Å². The number of hydrogen-bond donors (Lipinski definition) is 1. The lowest BCUT2D eigenvalue weighted by Crippen LogP contribution is -2.45. The first-order chi connectivity index (χ1) is 12.0. The van der Waals surface area contributed by atoms with Gasteiger partial charge in [-0.2, -0.15) is 0 Å². The molecule has 1 aliphatic heterocycles. The summed E-state index contributed by atoms with van der Waals surface area (Å²) in [6.45, 7) is 5.54. The maximum absolute atomic E-state index is 14.1. The molecule has 2 aromatic rings. The molecule has 1 N–H and O–H groups in total. The highest BCUT2D eigenvalue weighted by Crippen LogP contribution is 2.16. The van der Waals surface area contributed by atoms with Crippen LogP contribution in [0.1, 0.15) is 31.4 Å². The molecule has 0 fully saturated rings. The first-order valence-electron chi connectivity index (χ1n) is 8.67. The van der Waals surface area contributed by atoms with E-state index in [9.17, 15) is 4.39 Å². The number of amidine groups is 1. The summed E-state index contributed by atoms with van der Waals surface area (Å²) in [6.07, 6.45) is 1.41. The number of hydrogen-bond acceptors (Lipinski definition) is 3. The van der Waals surface area contributed by atoms with E-state index < -0.39 is 0 Å². The number of aliphatic imine (C=N–C) groups is 2. The minimum Gasteiger partial charge on any atom is -0.368 e. The quantitative estimate of drug-likeness (QED) is 0.898.